The molecule has 0 spiro atoms. The molecule has 0 bridgehead atoms. The van der Waals surface area contributed by atoms with Crippen LogP contribution in [0, 0.1) is 5.41 Å². The minimum atomic E-state index is -0.413. The molecule has 1 rings (SSSR count). The van der Waals surface area contributed by atoms with Gasteiger partial charge >= 0.3 is 11.9 Å². The molecule has 0 aliphatic rings. The largest absolute Gasteiger partial charge is 0.494 e. The maximum absolute atomic E-state index is 12.1. The summed E-state index contributed by atoms with van der Waals surface area (Å²) in [5.74, 6) is -0.0642. The minimum absolute atomic E-state index is 0.0985. The molecule has 1 aromatic rings. The van der Waals surface area contributed by atoms with Crippen LogP contribution in [0.4, 0.5) is 0 Å². The van der Waals surface area contributed by atoms with Gasteiger partial charge in [-0.05, 0) is 49.4 Å². The van der Waals surface area contributed by atoms with E-state index in [0.29, 0.717) is 30.9 Å². The summed E-state index contributed by atoms with van der Waals surface area (Å²) in [6, 6.07) is 6.88. The van der Waals surface area contributed by atoms with E-state index in [1.54, 1.807) is 24.3 Å². The molecule has 0 aliphatic carbocycles. The number of hydrogen-bond donors (Lipinski definition) is 0. The van der Waals surface area contributed by atoms with Gasteiger partial charge in [-0.15, -0.1) is 0 Å². The molecular formula is C20H28O5. The quantitative estimate of drug-likeness (QED) is 0.381. The monoisotopic (exact) mass is 348 g/mol. The normalized spacial score (nSPS) is 12.2. The number of carbonyl (C=O) groups is 2. The van der Waals surface area contributed by atoms with Crippen LogP contribution in [0.15, 0.2) is 36.9 Å². The molecule has 0 saturated heterocycles. The van der Waals surface area contributed by atoms with E-state index >= 15 is 0 Å². The fourth-order valence-corrected chi connectivity index (χ4v) is 1.72. The van der Waals surface area contributed by atoms with E-state index in [1.165, 1.54) is 0 Å². The second kappa shape index (κ2) is 9.87. The summed E-state index contributed by atoms with van der Waals surface area (Å²) in [5.41, 5.74) is 0.401. The van der Waals surface area contributed by atoms with Gasteiger partial charge in [0.1, 0.15) is 11.9 Å². The molecule has 0 saturated carbocycles. The van der Waals surface area contributed by atoms with E-state index in [1.807, 2.05) is 27.7 Å². The lowest BCUT2D eigenvalue weighted by atomic mass is 9.90. The smallest absolute Gasteiger partial charge is 0.338 e. The Morgan fingerprint density at radius 3 is 2.28 bits per heavy atom. The molecule has 5 heteroatoms. The van der Waals surface area contributed by atoms with Gasteiger partial charge in [-0.25, -0.2) is 9.59 Å². The third-order valence-electron chi connectivity index (χ3n) is 3.81. The summed E-state index contributed by atoms with van der Waals surface area (Å²) < 4.78 is 15.9. The maximum atomic E-state index is 12.1. The molecule has 5 nitrogen and oxygen atoms in total. The molecule has 138 valence electrons. The second-order valence-corrected chi connectivity index (χ2v) is 6.87. The third-order valence-corrected chi connectivity index (χ3v) is 3.81. The number of rotatable bonds is 9. The first kappa shape index (κ1) is 20.7. The molecule has 0 fully saturated rings. The van der Waals surface area contributed by atoms with E-state index in [0.717, 1.165) is 12.5 Å². The topological polar surface area (TPSA) is 61.8 Å². The van der Waals surface area contributed by atoms with Crippen molar-refractivity contribution in [2.75, 3.05) is 13.2 Å². The van der Waals surface area contributed by atoms with Gasteiger partial charge in [0.05, 0.1) is 18.8 Å². The standard InChI is InChI=1S/C20H28O5/c1-6-18(21)24-14-8-7-13-23-17-11-9-16(10-12-17)19(22)25-15(2)20(3,4)5/h6,9-12,15H,1,7-8,13-14H2,2-5H3. The van der Waals surface area contributed by atoms with Gasteiger partial charge < -0.3 is 14.2 Å². The molecule has 0 amide bonds. The van der Waals surface area contributed by atoms with Gasteiger partial charge in [-0.1, -0.05) is 27.4 Å². The van der Waals surface area contributed by atoms with Crippen molar-refractivity contribution in [3.8, 4) is 5.75 Å². The van der Waals surface area contributed by atoms with Crippen molar-refractivity contribution < 1.29 is 23.8 Å². The Morgan fingerprint density at radius 2 is 1.72 bits per heavy atom. The zero-order valence-corrected chi connectivity index (χ0v) is 15.5. The Morgan fingerprint density at radius 1 is 1.12 bits per heavy atom. The average Bonchev–Trinajstić information content (AvgIpc) is 2.57. The lowest BCUT2D eigenvalue weighted by Gasteiger charge is -2.26. The maximum Gasteiger partial charge on any atom is 0.338 e. The van der Waals surface area contributed by atoms with E-state index in [2.05, 4.69) is 6.58 Å². The van der Waals surface area contributed by atoms with Gasteiger partial charge in [-0.2, -0.15) is 0 Å². The molecule has 25 heavy (non-hydrogen) atoms. The number of ether oxygens (including phenoxy) is 3. The van der Waals surface area contributed by atoms with Crippen molar-refractivity contribution in [1.29, 1.82) is 0 Å². The Balaban J connectivity index is 2.35. The first-order chi connectivity index (χ1) is 11.7. The van der Waals surface area contributed by atoms with Crippen LogP contribution in [-0.2, 0) is 14.3 Å². The zero-order valence-electron chi connectivity index (χ0n) is 15.5. The zero-order chi connectivity index (χ0) is 18.9. The number of unbranched alkanes of at least 4 members (excludes halogenated alkanes) is 1. The fraction of sp³-hybridized carbons (Fsp3) is 0.500. The van der Waals surface area contributed by atoms with Crippen LogP contribution < -0.4 is 4.74 Å². The van der Waals surface area contributed by atoms with Gasteiger partial charge in [0.15, 0.2) is 0 Å². The molecule has 1 unspecified atom stereocenters. The summed E-state index contributed by atoms with van der Waals surface area (Å²) >= 11 is 0. The molecule has 0 heterocycles. The first-order valence-electron chi connectivity index (χ1n) is 8.47. The summed E-state index contributed by atoms with van der Waals surface area (Å²) in [5, 5.41) is 0. The Hall–Kier alpha value is -2.30. The van der Waals surface area contributed by atoms with Crippen LogP contribution >= 0.6 is 0 Å². The number of hydrogen-bond acceptors (Lipinski definition) is 5. The van der Waals surface area contributed by atoms with Crippen LogP contribution in [0.5, 0.6) is 5.75 Å². The van der Waals surface area contributed by atoms with E-state index in [4.69, 9.17) is 14.2 Å². The van der Waals surface area contributed by atoms with Gasteiger partial charge in [-0.3, -0.25) is 0 Å². The lowest BCUT2D eigenvalue weighted by Crippen LogP contribution is -2.28. The predicted molar refractivity (Wildman–Crippen MR) is 96.7 cm³/mol. The van der Waals surface area contributed by atoms with Crippen LogP contribution in [0.25, 0.3) is 0 Å². The summed E-state index contributed by atoms with van der Waals surface area (Å²) in [6.45, 7) is 12.2. The highest BCUT2D eigenvalue weighted by Gasteiger charge is 2.24. The Labute approximate surface area is 150 Å². The molecule has 0 aliphatic heterocycles. The highest BCUT2D eigenvalue weighted by Crippen LogP contribution is 2.23. The number of esters is 2. The molecule has 0 radical (unpaired) electrons. The van der Waals surface area contributed by atoms with E-state index in [9.17, 15) is 9.59 Å². The van der Waals surface area contributed by atoms with Crippen LogP contribution in [-0.4, -0.2) is 31.3 Å². The summed E-state index contributed by atoms with van der Waals surface area (Å²) in [6.07, 6.45) is 2.45. The first-order valence-corrected chi connectivity index (χ1v) is 8.47. The van der Waals surface area contributed by atoms with Crippen LogP contribution in [0.3, 0.4) is 0 Å². The van der Waals surface area contributed by atoms with Gasteiger partial charge in [0.25, 0.3) is 0 Å². The van der Waals surface area contributed by atoms with Crippen LogP contribution in [0.2, 0.25) is 0 Å². The Kier molecular flexibility index (Phi) is 8.19. The van der Waals surface area contributed by atoms with Crippen molar-refractivity contribution >= 4 is 11.9 Å². The lowest BCUT2D eigenvalue weighted by molar-refractivity contribution is -0.137. The second-order valence-electron chi connectivity index (χ2n) is 6.87. The van der Waals surface area contributed by atoms with Gasteiger partial charge in [0, 0.05) is 6.08 Å². The highest BCUT2D eigenvalue weighted by atomic mass is 16.5. The van der Waals surface area contributed by atoms with Crippen LogP contribution in [0.1, 0.15) is 50.9 Å². The summed E-state index contributed by atoms with van der Waals surface area (Å²) in [7, 11) is 0. The number of carbonyl (C=O) groups excluding carboxylic acids is 2. The third kappa shape index (κ3) is 7.88. The van der Waals surface area contributed by atoms with Crippen molar-refractivity contribution in [3.05, 3.63) is 42.5 Å². The van der Waals surface area contributed by atoms with Gasteiger partial charge in [0.2, 0.25) is 0 Å². The highest BCUT2D eigenvalue weighted by molar-refractivity contribution is 5.89. The SMILES string of the molecule is C=CC(=O)OCCCCOc1ccc(C(=O)OC(C)C(C)(C)C)cc1. The van der Waals surface area contributed by atoms with Crippen molar-refractivity contribution in [1.82, 2.24) is 0 Å². The molecule has 1 atom stereocenters. The van der Waals surface area contributed by atoms with Crippen molar-refractivity contribution in [3.63, 3.8) is 0 Å². The fourth-order valence-electron chi connectivity index (χ4n) is 1.72. The minimum Gasteiger partial charge on any atom is -0.494 e. The predicted octanol–water partition coefficient (Wildman–Crippen LogP) is 4.17. The number of benzene rings is 1. The summed E-state index contributed by atoms with van der Waals surface area (Å²) in [4.78, 5) is 23.0. The van der Waals surface area contributed by atoms with Crippen molar-refractivity contribution in [2.24, 2.45) is 5.41 Å². The Bertz CT molecular complexity index is 569. The van der Waals surface area contributed by atoms with Crippen molar-refractivity contribution in [2.45, 2.75) is 46.6 Å². The molecular weight excluding hydrogens is 320 g/mol. The molecule has 1 aromatic carbocycles. The molecule has 0 aromatic heterocycles. The average molecular weight is 348 g/mol. The van der Waals surface area contributed by atoms with E-state index < -0.39 is 5.97 Å². The van der Waals surface area contributed by atoms with E-state index in [-0.39, 0.29) is 17.5 Å². The molecule has 0 N–H and O–H groups in total.